The van der Waals surface area contributed by atoms with Crippen molar-refractivity contribution in [1.29, 1.82) is 0 Å². The minimum absolute atomic E-state index is 0.186. The lowest BCUT2D eigenvalue weighted by Gasteiger charge is -2.25. The number of esters is 10. The molecule has 3 fully saturated rings. The van der Waals surface area contributed by atoms with Crippen LogP contribution >= 0.6 is 0 Å². The molecule has 778 valence electrons. The summed E-state index contributed by atoms with van der Waals surface area (Å²) in [6.45, 7) is 21.0. The topological polar surface area (TPSA) is 300 Å². The summed E-state index contributed by atoms with van der Waals surface area (Å²) in [6, 6.07) is 46.5. The van der Waals surface area contributed by atoms with E-state index in [1.54, 1.807) is 12.1 Å². The Labute approximate surface area is 851 Å². The van der Waals surface area contributed by atoms with Crippen molar-refractivity contribution in [3.8, 4) is 34.5 Å². The minimum atomic E-state index is -0.957. The smallest absolute Gasteiger partial charge is 0.330 e. The van der Waals surface area contributed by atoms with Gasteiger partial charge in [-0.25, -0.2) is 19.2 Å². The Morgan fingerprint density at radius 3 is 0.566 bits per heavy atom. The average Bonchev–Trinajstić information content (AvgIpc) is 0.854. The molecule has 1 N–H and O–H groups in total. The Morgan fingerprint density at radius 2 is 0.399 bits per heavy atom. The Kier molecular flexibility index (Phi) is 60.0. The molecular weight excluding hydrogens is 1810 g/mol. The van der Waals surface area contributed by atoms with Gasteiger partial charge < -0.3 is 52.5 Å². The van der Waals surface area contributed by atoms with E-state index >= 15 is 0 Å². The van der Waals surface area contributed by atoms with Gasteiger partial charge in [-0.3, -0.25) is 33.6 Å². The molecule has 143 heavy (non-hydrogen) atoms. The van der Waals surface area contributed by atoms with Crippen molar-refractivity contribution < 1.29 is 105 Å². The van der Waals surface area contributed by atoms with E-state index in [-0.39, 0.29) is 101 Å². The molecule has 0 amide bonds. The molecule has 22 nitrogen and oxygen atoms in total. The zero-order valence-electron chi connectivity index (χ0n) is 85.4. The standard InChI is InChI=1S/C48H68O8.C38H48O8.C35H46O6/c1-3-45(49)53-37-21-17-13-9-5-7-11-15-19-23-39-25-33-43(34-26-39)55-47(51)41-29-31-42(32-30-41)48(52)56-44-35-27-40(28-36-44)24-20-16-12-8-6-10-14-18-22-38-54-46(50)4-2;1-3-34(39)35(40)14-10-7-9-13-29-17-25-33(26-18-29)46-38(43)31-21-19-30(20-22-31)37(42)45-32-23-15-28(16-24-32)12-8-5-6-11-27-44-36(41)4-2;1-3-5-6-9-12-27-14-22-31(23-15-27)40-34(37)29-18-20-30(21-19-29)35(38)41-32-24-16-28(17-25-32)13-10-7-8-11-26-39-33(36)4-2/h3-4,25-28,33-36,41-42H,1-2,5-24,29-32,37-38H2;3-4,15-18,23-26,30-31,35,40H,1-2,5-14,19-22,27H2;4,14-17,22-25,29-30H,2-3,5-13,18-21,26H2,1H3. The number of aliphatic hydroxyl groups is 1. The maximum absolute atomic E-state index is 12.9. The number of aryl methyl sites for hydroxylation is 6. The van der Waals surface area contributed by atoms with Crippen molar-refractivity contribution in [2.75, 3.05) is 26.4 Å². The molecule has 0 spiro atoms. The fourth-order valence-corrected chi connectivity index (χ4v) is 17.9. The predicted octanol–water partition coefficient (Wildman–Crippen LogP) is 26.6. The number of hydrogen-bond donors (Lipinski definition) is 1. The summed E-state index contributed by atoms with van der Waals surface area (Å²) in [6.07, 6.45) is 55.0. The zero-order valence-corrected chi connectivity index (χ0v) is 85.4. The van der Waals surface area contributed by atoms with Crippen LogP contribution in [0.5, 0.6) is 34.5 Å². The fraction of sp³-hybridized carbons (Fsp3) is 0.529. The van der Waals surface area contributed by atoms with E-state index in [0.29, 0.717) is 144 Å². The Morgan fingerprint density at radius 1 is 0.238 bits per heavy atom. The molecule has 0 aliphatic heterocycles. The number of carbonyl (C=O) groups excluding carboxylic acids is 11. The molecule has 22 heteroatoms. The quantitative estimate of drug-likeness (QED) is 0.0122. The van der Waals surface area contributed by atoms with Crippen molar-refractivity contribution in [1.82, 2.24) is 0 Å². The summed E-state index contributed by atoms with van der Waals surface area (Å²) in [5.41, 5.74) is 7.29. The number of aliphatic hydroxyl groups excluding tert-OH is 1. The van der Waals surface area contributed by atoms with Crippen LogP contribution in [0.1, 0.15) is 336 Å². The van der Waals surface area contributed by atoms with Crippen LogP contribution in [0.3, 0.4) is 0 Å². The van der Waals surface area contributed by atoms with Gasteiger partial charge >= 0.3 is 59.7 Å². The highest BCUT2D eigenvalue weighted by atomic mass is 16.6. The molecule has 0 radical (unpaired) electrons. The lowest BCUT2D eigenvalue weighted by molar-refractivity contribution is -0.145. The van der Waals surface area contributed by atoms with Crippen molar-refractivity contribution in [3.05, 3.63) is 242 Å². The highest BCUT2D eigenvalue weighted by Gasteiger charge is 2.36. The first-order valence-electron chi connectivity index (χ1n) is 53.5. The molecule has 0 bridgehead atoms. The summed E-state index contributed by atoms with van der Waals surface area (Å²) in [5.74, 6) is -1.08. The van der Waals surface area contributed by atoms with Gasteiger partial charge in [-0.1, -0.05) is 260 Å². The number of unbranched alkanes of at least 4 members (excludes halogenated alkanes) is 27. The first-order chi connectivity index (χ1) is 69.6. The van der Waals surface area contributed by atoms with Gasteiger partial charge in [-0.15, -0.1) is 0 Å². The van der Waals surface area contributed by atoms with Crippen LogP contribution < -0.4 is 28.4 Å². The SMILES string of the molecule is C=CC(=O)OCCCCCCCCCCCc1ccc(OC(=O)C2CCC(C(=O)Oc3ccc(CCCCCCCCCCCOC(=O)C=C)cc3)CC2)cc1.C=CC(=O)OCCCCCCc1ccc(OC(=O)C2CCC(C(=O)Oc3ccc(CCCCCC(O)C(=O)C=C)cc3)CC2)cc1.C=CC(=O)OCCCCCCc1ccc(OC(=O)C2CCC(C(=O)Oc3ccc(CCCCCC)cc3)CC2)cc1. The third-order valence-electron chi connectivity index (χ3n) is 26.9. The molecule has 6 aromatic carbocycles. The van der Waals surface area contributed by atoms with Gasteiger partial charge in [0.05, 0.1) is 61.9 Å². The number of rotatable bonds is 67. The second-order valence-corrected chi connectivity index (χ2v) is 38.2. The van der Waals surface area contributed by atoms with Gasteiger partial charge in [-0.05, 0) is 298 Å². The van der Waals surface area contributed by atoms with Gasteiger partial charge in [0.15, 0.2) is 5.78 Å². The summed E-state index contributed by atoms with van der Waals surface area (Å²) in [5, 5.41) is 9.69. The van der Waals surface area contributed by atoms with Crippen LogP contribution in [0, 0.1) is 35.5 Å². The molecule has 9 rings (SSSR count). The van der Waals surface area contributed by atoms with Crippen LogP contribution in [0.2, 0.25) is 0 Å². The van der Waals surface area contributed by atoms with Crippen LogP contribution in [0.15, 0.2) is 209 Å². The predicted molar refractivity (Wildman–Crippen MR) is 560 cm³/mol. The van der Waals surface area contributed by atoms with E-state index in [1.165, 1.54) is 155 Å². The average molecular weight is 1970 g/mol. The van der Waals surface area contributed by atoms with Crippen molar-refractivity contribution in [3.63, 3.8) is 0 Å². The minimum Gasteiger partial charge on any atom is -0.463 e. The second-order valence-electron chi connectivity index (χ2n) is 38.2. The number of ether oxygens (including phenoxy) is 10. The molecule has 0 heterocycles. The van der Waals surface area contributed by atoms with Gasteiger partial charge in [0.25, 0.3) is 0 Å². The van der Waals surface area contributed by atoms with E-state index < -0.39 is 6.10 Å². The Bertz CT molecular complexity index is 4610. The monoisotopic (exact) mass is 1970 g/mol. The van der Waals surface area contributed by atoms with Crippen molar-refractivity contribution in [2.24, 2.45) is 35.5 Å². The summed E-state index contributed by atoms with van der Waals surface area (Å²) >= 11 is 0. The Hall–Kier alpha value is -11.7. The summed E-state index contributed by atoms with van der Waals surface area (Å²) < 4.78 is 54.0. The van der Waals surface area contributed by atoms with E-state index in [4.69, 9.17) is 47.4 Å². The molecule has 0 saturated heterocycles. The van der Waals surface area contributed by atoms with Crippen LogP contribution in [0.25, 0.3) is 0 Å². The lowest BCUT2D eigenvalue weighted by Crippen LogP contribution is -2.30. The lowest BCUT2D eigenvalue weighted by atomic mass is 9.82. The number of benzene rings is 6. The maximum atomic E-state index is 12.9. The molecule has 6 aromatic rings. The van der Waals surface area contributed by atoms with Crippen LogP contribution in [-0.2, 0) is 110 Å². The highest BCUT2D eigenvalue weighted by molar-refractivity contribution is 5.92. The highest BCUT2D eigenvalue weighted by Crippen LogP contribution is 2.36. The molecule has 3 saturated carbocycles. The molecule has 1 atom stereocenters. The van der Waals surface area contributed by atoms with Crippen LogP contribution in [0.4, 0.5) is 0 Å². The van der Waals surface area contributed by atoms with E-state index in [1.807, 2.05) is 109 Å². The summed E-state index contributed by atoms with van der Waals surface area (Å²) in [7, 11) is 0. The molecule has 1 unspecified atom stereocenters. The fourth-order valence-electron chi connectivity index (χ4n) is 17.9. The van der Waals surface area contributed by atoms with Gasteiger partial charge in [0.2, 0.25) is 0 Å². The normalized spacial score (nSPS) is 16.0. The van der Waals surface area contributed by atoms with E-state index in [9.17, 15) is 57.8 Å². The maximum Gasteiger partial charge on any atom is 0.330 e. The molecule has 0 aromatic heterocycles. The first-order valence-corrected chi connectivity index (χ1v) is 53.5. The number of ketones is 1. The van der Waals surface area contributed by atoms with E-state index in [2.05, 4.69) is 64.1 Å². The number of carbonyl (C=O) groups is 11. The summed E-state index contributed by atoms with van der Waals surface area (Å²) in [4.78, 5) is 132. The van der Waals surface area contributed by atoms with Crippen molar-refractivity contribution >= 4 is 65.5 Å². The molecule has 3 aliphatic rings. The van der Waals surface area contributed by atoms with Gasteiger partial charge in [-0.2, -0.15) is 0 Å². The van der Waals surface area contributed by atoms with Crippen LogP contribution in [-0.4, -0.2) is 103 Å². The number of hydrogen-bond acceptors (Lipinski definition) is 22. The Balaban J connectivity index is 0.000000295. The van der Waals surface area contributed by atoms with E-state index in [0.717, 1.165) is 159 Å². The first kappa shape index (κ1) is 118. The molecular formula is C121H162O22. The van der Waals surface area contributed by atoms with Gasteiger partial charge in [0.1, 0.15) is 40.6 Å². The zero-order chi connectivity index (χ0) is 102. The molecule has 3 aliphatic carbocycles. The third kappa shape index (κ3) is 51.4. The second kappa shape index (κ2) is 72.6. The third-order valence-corrected chi connectivity index (χ3v) is 26.9. The van der Waals surface area contributed by atoms with Gasteiger partial charge in [0, 0.05) is 24.3 Å². The largest absolute Gasteiger partial charge is 0.463 e. The van der Waals surface area contributed by atoms with Crippen molar-refractivity contribution in [2.45, 2.75) is 347 Å².